The number of carbonyl (C=O) groups excluding carboxylic acids is 1. The number of halogens is 4. The van der Waals surface area contributed by atoms with Crippen molar-refractivity contribution in [1.82, 2.24) is 4.90 Å². The van der Waals surface area contributed by atoms with E-state index in [2.05, 4.69) is 0 Å². The molecule has 2 aromatic rings. The Morgan fingerprint density at radius 1 is 1.03 bits per heavy atom. The second-order valence-electron chi connectivity index (χ2n) is 7.17. The number of alkyl halides is 3. The Kier molecular flexibility index (Phi) is 6.44. The van der Waals surface area contributed by atoms with Crippen LogP contribution in [0.4, 0.5) is 28.9 Å². The molecule has 0 unspecified atom stereocenters. The molecular weight excluding hydrogens is 438 g/mol. The lowest BCUT2D eigenvalue weighted by Crippen LogP contribution is -2.52. The molecule has 1 aliphatic heterocycles. The largest absolute Gasteiger partial charge is 0.416 e. The molecule has 1 aliphatic rings. The Labute approximate surface area is 177 Å². The molecule has 2 aromatic carbocycles. The standard InChI is InChI=1S/C20H21F4N3O3S/c1-31(29,30)27(18-7-3-5-16(21)13-18)14-19(28)26-10-8-25(9-11-26)17-6-2-4-15(12-17)20(22,23)24/h2-7,12-13H,8-11,14H2,1H3. The average molecular weight is 459 g/mol. The molecule has 0 radical (unpaired) electrons. The number of benzene rings is 2. The summed E-state index contributed by atoms with van der Waals surface area (Å²) in [5.74, 6) is -1.10. The summed E-state index contributed by atoms with van der Waals surface area (Å²) in [6, 6.07) is 9.89. The van der Waals surface area contributed by atoms with Gasteiger partial charge in [0.25, 0.3) is 0 Å². The molecule has 0 aromatic heterocycles. The number of nitrogens with zero attached hydrogens (tertiary/aromatic N) is 3. The lowest BCUT2D eigenvalue weighted by molar-refractivity contribution is -0.137. The molecule has 1 saturated heterocycles. The number of amides is 1. The van der Waals surface area contributed by atoms with E-state index >= 15 is 0 Å². The minimum absolute atomic E-state index is 0.0402. The van der Waals surface area contributed by atoms with Gasteiger partial charge >= 0.3 is 6.18 Å². The number of carbonyl (C=O) groups is 1. The molecule has 11 heteroatoms. The van der Waals surface area contributed by atoms with Gasteiger partial charge in [0.15, 0.2) is 0 Å². The summed E-state index contributed by atoms with van der Waals surface area (Å²) in [5, 5.41) is 0. The zero-order valence-corrected chi connectivity index (χ0v) is 17.5. The number of hydrogen-bond donors (Lipinski definition) is 0. The van der Waals surface area contributed by atoms with Crippen molar-refractivity contribution in [2.24, 2.45) is 0 Å². The molecule has 0 saturated carbocycles. The van der Waals surface area contributed by atoms with E-state index in [0.717, 1.165) is 28.8 Å². The minimum Gasteiger partial charge on any atom is -0.368 e. The van der Waals surface area contributed by atoms with Crippen LogP contribution in [0, 0.1) is 5.82 Å². The van der Waals surface area contributed by atoms with E-state index in [-0.39, 0.29) is 18.8 Å². The Balaban J connectivity index is 1.67. The summed E-state index contributed by atoms with van der Waals surface area (Å²) >= 11 is 0. The number of hydrogen-bond acceptors (Lipinski definition) is 4. The van der Waals surface area contributed by atoms with E-state index in [0.29, 0.717) is 18.8 Å². The van der Waals surface area contributed by atoms with Crippen molar-refractivity contribution in [2.45, 2.75) is 6.18 Å². The monoisotopic (exact) mass is 459 g/mol. The van der Waals surface area contributed by atoms with Gasteiger partial charge in [0.1, 0.15) is 12.4 Å². The molecule has 0 bridgehead atoms. The van der Waals surface area contributed by atoms with Crippen LogP contribution in [0.25, 0.3) is 0 Å². The van der Waals surface area contributed by atoms with E-state index in [1.54, 1.807) is 11.0 Å². The first-order valence-corrected chi connectivity index (χ1v) is 11.2. The Morgan fingerprint density at radius 2 is 1.68 bits per heavy atom. The van der Waals surface area contributed by atoms with Crippen molar-refractivity contribution in [3.05, 3.63) is 59.9 Å². The van der Waals surface area contributed by atoms with Crippen LogP contribution in [0.3, 0.4) is 0 Å². The molecule has 1 amide bonds. The van der Waals surface area contributed by atoms with Crippen LogP contribution in [-0.4, -0.2) is 58.2 Å². The van der Waals surface area contributed by atoms with Crippen molar-refractivity contribution in [3.63, 3.8) is 0 Å². The topological polar surface area (TPSA) is 60.9 Å². The quantitative estimate of drug-likeness (QED) is 0.646. The summed E-state index contributed by atoms with van der Waals surface area (Å²) in [6.45, 7) is 0.537. The van der Waals surface area contributed by atoms with Crippen LogP contribution in [0.15, 0.2) is 48.5 Å². The van der Waals surface area contributed by atoms with Gasteiger partial charge in [-0.15, -0.1) is 0 Å². The molecular formula is C20H21F4N3O3S. The fourth-order valence-corrected chi connectivity index (χ4v) is 4.19. The minimum atomic E-state index is -4.44. The van der Waals surface area contributed by atoms with Crippen LogP contribution >= 0.6 is 0 Å². The van der Waals surface area contributed by atoms with Gasteiger partial charge in [-0.05, 0) is 36.4 Å². The van der Waals surface area contributed by atoms with Gasteiger partial charge < -0.3 is 9.80 Å². The first kappa shape index (κ1) is 22.9. The highest BCUT2D eigenvalue weighted by molar-refractivity contribution is 7.92. The second kappa shape index (κ2) is 8.74. The summed E-state index contributed by atoms with van der Waals surface area (Å²) in [5.41, 5.74) is -0.305. The van der Waals surface area contributed by atoms with E-state index in [1.165, 1.54) is 29.2 Å². The molecule has 0 spiro atoms. The van der Waals surface area contributed by atoms with Gasteiger partial charge in [0.05, 0.1) is 17.5 Å². The third-order valence-electron chi connectivity index (χ3n) is 4.95. The predicted octanol–water partition coefficient (Wildman–Crippen LogP) is 2.96. The smallest absolute Gasteiger partial charge is 0.368 e. The number of anilines is 2. The van der Waals surface area contributed by atoms with Crippen molar-refractivity contribution in [2.75, 3.05) is 48.2 Å². The molecule has 0 N–H and O–H groups in total. The van der Waals surface area contributed by atoms with Gasteiger partial charge in [-0.2, -0.15) is 13.2 Å². The number of rotatable bonds is 5. The first-order valence-electron chi connectivity index (χ1n) is 9.38. The molecule has 0 aliphatic carbocycles. The highest BCUT2D eigenvalue weighted by atomic mass is 32.2. The number of sulfonamides is 1. The lowest BCUT2D eigenvalue weighted by Gasteiger charge is -2.37. The van der Waals surface area contributed by atoms with Gasteiger partial charge in [-0.3, -0.25) is 9.10 Å². The van der Waals surface area contributed by atoms with Crippen molar-refractivity contribution in [3.8, 4) is 0 Å². The normalized spacial score (nSPS) is 15.1. The molecule has 6 nitrogen and oxygen atoms in total. The summed E-state index contributed by atoms with van der Waals surface area (Å²) in [6.07, 6.45) is -3.52. The third-order valence-corrected chi connectivity index (χ3v) is 6.09. The van der Waals surface area contributed by atoms with Crippen LogP contribution in [0.2, 0.25) is 0 Å². The maximum Gasteiger partial charge on any atom is 0.416 e. The Hall–Kier alpha value is -2.82. The molecule has 1 fully saturated rings. The SMILES string of the molecule is CS(=O)(=O)N(CC(=O)N1CCN(c2cccc(C(F)(F)F)c2)CC1)c1cccc(F)c1. The fraction of sp³-hybridized carbons (Fsp3) is 0.350. The van der Waals surface area contributed by atoms with Crippen LogP contribution in [-0.2, 0) is 21.0 Å². The van der Waals surface area contributed by atoms with Crippen LogP contribution in [0.1, 0.15) is 5.56 Å². The van der Waals surface area contributed by atoms with Gasteiger partial charge in [-0.1, -0.05) is 12.1 Å². The first-order chi connectivity index (χ1) is 14.4. The van der Waals surface area contributed by atoms with Crippen molar-refractivity contribution in [1.29, 1.82) is 0 Å². The maximum atomic E-state index is 13.5. The molecule has 168 valence electrons. The summed E-state index contributed by atoms with van der Waals surface area (Å²) in [7, 11) is -3.84. The highest BCUT2D eigenvalue weighted by Gasteiger charge is 2.31. The van der Waals surface area contributed by atoms with E-state index in [1.807, 2.05) is 0 Å². The van der Waals surface area contributed by atoms with Crippen LogP contribution < -0.4 is 9.21 Å². The molecule has 0 atom stereocenters. The maximum absolute atomic E-state index is 13.5. The average Bonchev–Trinajstić information content (AvgIpc) is 2.70. The predicted molar refractivity (Wildman–Crippen MR) is 109 cm³/mol. The van der Waals surface area contributed by atoms with Gasteiger partial charge in [0, 0.05) is 31.9 Å². The zero-order valence-electron chi connectivity index (χ0n) is 16.6. The highest BCUT2D eigenvalue weighted by Crippen LogP contribution is 2.32. The Bertz CT molecular complexity index is 1050. The van der Waals surface area contributed by atoms with E-state index in [4.69, 9.17) is 0 Å². The van der Waals surface area contributed by atoms with E-state index < -0.39 is 40.0 Å². The number of piperazine rings is 1. The van der Waals surface area contributed by atoms with Crippen molar-refractivity contribution < 1.29 is 30.8 Å². The van der Waals surface area contributed by atoms with Crippen LogP contribution in [0.5, 0.6) is 0 Å². The zero-order chi connectivity index (χ0) is 22.8. The summed E-state index contributed by atoms with van der Waals surface area (Å²) < 4.78 is 77.5. The van der Waals surface area contributed by atoms with E-state index in [9.17, 15) is 30.8 Å². The summed E-state index contributed by atoms with van der Waals surface area (Å²) in [4.78, 5) is 15.9. The molecule has 1 heterocycles. The fourth-order valence-electron chi connectivity index (χ4n) is 3.35. The lowest BCUT2D eigenvalue weighted by atomic mass is 10.1. The second-order valence-corrected chi connectivity index (χ2v) is 9.07. The molecule has 3 rings (SSSR count). The van der Waals surface area contributed by atoms with Gasteiger partial charge in [0.2, 0.25) is 15.9 Å². The Morgan fingerprint density at radius 3 is 2.26 bits per heavy atom. The third kappa shape index (κ3) is 5.66. The van der Waals surface area contributed by atoms with Crippen molar-refractivity contribution >= 4 is 27.3 Å². The van der Waals surface area contributed by atoms with Gasteiger partial charge in [-0.25, -0.2) is 12.8 Å². The molecule has 31 heavy (non-hydrogen) atoms.